The molecule has 2 aromatic carbocycles. The van der Waals surface area contributed by atoms with Crippen molar-refractivity contribution in [2.45, 2.75) is 19.4 Å². The van der Waals surface area contributed by atoms with Crippen molar-refractivity contribution in [2.75, 3.05) is 0 Å². The first kappa shape index (κ1) is 12.1. The largest absolute Gasteiger partial charge is 0.275 e. The van der Waals surface area contributed by atoms with Crippen molar-refractivity contribution < 1.29 is 0 Å². The smallest absolute Gasteiger partial charge is 0.205 e. The van der Waals surface area contributed by atoms with E-state index in [1.54, 1.807) is 0 Å². The second kappa shape index (κ2) is 4.86. The Kier molecular flexibility index (Phi) is 3.45. The van der Waals surface area contributed by atoms with Crippen molar-refractivity contribution in [1.82, 2.24) is 5.40 Å². The van der Waals surface area contributed by atoms with Gasteiger partial charge in [-0.3, -0.25) is 5.40 Å². The van der Waals surface area contributed by atoms with E-state index < -0.39 is 8.24 Å². The standard InChI is InChI=1S/C15H18NSi/c1-13(2)17(16,14-9-5-3-6-10-14)15-11-7-4-8-12-15/h3-13,16H,1-2H3. The molecule has 2 aromatic rings. The highest BCUT2D eigenvalue weighted by atomic mass is 28.3. The number of hydrogen-bond acceptors (Lipinski definition) is 0. The van der Waals surface area contributed by atoms with E-state index in [1.807, 2.05) is 36.4 Å². The minimum Gasteiger partial charge on any atom is -0.275 e. The van der Waals surface area contributed by atoms with Gasteiger partial charge in [-0.2, -0.15) is 0 Å². The molecule has 0 bridgehead atoms. The van der Waals surface area contributed by atoms with Gasteiger partial charge in [-0.05, 0) is 15.9 Å². The van der Waals surface area contributed by atoms with E-state index in [0.717, 1.165) is 0 Å². The van der Waals surface area contributed by atoms with Crippen LogP contribution in [-0.2, 0) is 0 Å². The summed E-state index contributed by atoms with van der Waals surface area (Å²) in [6.07, 6.45) is 0. The summed E-state index contributed by atoms with van der Waals surface area (Å²) in [5, 5.41) is 11.4. The van der Waals surface area contributed by atoms with E-state index in [9.17, 15) is 0 Å². The SMILES string of the molecule is CC(C)[Si]([NH])(c1ccccc1)c1ccccc1. The Balaban J connectivity index is 2.55. The predicted octanol–water partition coefficient (Wildman–Crippen LogP) is 2.44. The second-order valence-electron chi connectivity index (χ2n) is 4.69. The summed E-state index contributed by atoms with van der Waals surface area (Å²) in [6, 6.07) is 20.6. The van der Waals surface area contributed by atoms with Gasteiger partial charge in [0.2, 0.25) is 8.24 Å². The summed E-state index contributed by atoms with van der Waals surface area (Å²) in [5.41, 5.74) is 0.368. The molecular weight excluding hydrogens is 222 g/mol. The monoisotopic (exact) mass is 240 g/mol. The Hall–Kier alpha value is -1.38. The summed E-state index contributed by atoms with van der Waals surface area (Å²) in [7, 11) is -2.33. The lowest BCUT2D eigenvalue weighted by Gasteiger charge is -2.30. The summed E-state index contributed by atoms with van der Waals surface area (Å²) >= 11 is 0. The van der Waals surface area contributed by atoms with Gasteiger partial charge in [0.25, 0.3) is 0 Å². The van der Waals surface area contributed by atoms with Gasteiger partial charge in [-0.25, -0.2) is 0 Å². The van der Waals surface area contributed by atoms with E-state index in [-0.39, 0.29) is 0 Å². The Morgan fingerprint density at radius 3 is 1.41 bits per heavy atom. The van der Waals surface area contributed by atoms with Gasteiger partial charge in [0.15, 0.2) is 0 Å². The van der Waals surface area contributed by atoms with E-state index in [1.165, 1.54) is 10.4 Å². The van der Waals surface area contributed by atoms with Crippen molar-refractivity contribution in [3.05, 3.63) is 60.7 Å². The fourth-order valence-electron chi connectivity index (χ4n) is 2.24. The quantitative estimate of drug-likeness (QED) is 0.736. The first-order valence-corrected chi connectivity index (χ1v) is 8.09. The maximum absolute atomic E-state index is 9.00. The lowest BCUT2D eigenvalue weighted by Crippen LogP contribution is -2.62. The fraction of sp³-hybridized carbons (Fsp3) is 0.200. The molecule has 87 valence electrons. The summed E-state index contributed by atoms with van der Waals surface area (Å²) in [4.78, 5) is 0. The third kappa shape index (κ3) is 2.19. The minimum absolute atomic E-state index is 0.368. The Morgan fingerprint density at radius 2 is 1.12 bits per heavy atom. The number of benzene rings is 2. The minimum atomic E-state index is -2.33. The average Bonchev–Trinajstić information content (AvgIpc) is 2.39. The van der Waals surface area contributed by atoms with Crippen LogP contribution in [0.25, 0.3) is 0 Å². The number of nitrogens with one attached hydrogen (secondary N) is 1. The third-order valence-electron chi connectivity index (χ3n) is 3.32. The van der Waals surface area contributed by atoms with Crippen LogP contribution in [0, 0.1) is 0 Å². The van der Waals surface area contributed by atoms with E-state index in [2.05, 4.69) is 38.1 Å². The van der Waals surface area contributed by atoms with Gasteiger partial charge in [-0.15, -0.1) is 0 Å². The Morgan fingerprint density at radius 1 is 0.765 bits per heavy atom. The fourth-order valence-corrected chi connectivity index (χ4v) is 5.34. The molecule has 0 saturated carbocycles. The highest BCUT2D eigenvalue weighted by molar-refractivity contribution is 7.00. The van der Waals surface area contributed by atoms with Crippen LogP contribution in [-0.4, -0.2) is 8.24 Å². The van der Waals surface area contributed by atoms with E-state index in [0.29, 0.717) is 5.54 Å². The van der Waals surface area contributed by atoms with Crippen molar-refractivity contribution >= 4 is 18.6 Å². The molecule has 0 aromatic heterocycles. The molecule has 0 fully saturated rings. The zero-order chi connectivity index (χ0) is 12.3. The van der Waals surface area contributed by atoms with Gasteiger partial charge in [0.05, 0.1) is 0 Å². The van der Waals surface area contributed by atoms with Crippen molar-refractivity contribution in [3.8, 4) is 0 Å². The van der Waals surface area contributed by atoms with Crippen LogP contribution >= 0.6 is 0 Å². The first-order chi connectivity index (χ1) is 8.15. The molecule has 0 saturated heterocycles. The molecule has 0 aliphatic carbocycles. The van der Waals surface area contributed by atoms with Crippen molar-refractivity contribution in [1.29, 1.82) is 0 Å². The molecule has 2 heteroatoms. The van der Waals surface area contributed by atoms with Gasteiger partial charge in [0, 0.05) is 0 Å². The van der Waals surface area contributed by atoms with Gasteiger partial charge >= 0.3 is 0 Å². The molecule has 0 heterocycles. The topological polar surface area (TPSA) is 23.8 Å². The highest BCUT2D eigenvalue weighted by Crippen LogP contribution is 2.17. The van der Waals surface area contributed by atoms with Crippen LogP contribution in [0.2, 0.25) is 5.54 Å². The van der Waals surface area contributed by atoms with E-state index in [4.69, 9.17) is 5.40 Å². The van der Waals surface area contributed by atoms with Crippen molar-refractivity contribution in [2.24, 2.45) is 0 Å². The number of rotatable bonds is 3. The van der Waals surface area contributed by atoms with Crippen LogP contribution in [0.1, 0.15) is 13.8 Å². The Bertz CT molecular complexity index is 425. The van der Waals surface area contributed by atoms with Crippen LogP contribution in [0.3, 0.4) is 0 Å². The summed E-state index contributed by atoms with van der Waals surface area (Å²) in [5.74, 6) is 0. The maximum atomic E-state index is 9.00. The summed E-state index contributed by atoms with van der Waals surface area (Å²) < 4.78 is 0. The molecule has 0 spiro atoms. The molecular formula is C15H18NSi. The lowest BCUT2D eigenvalue weighted by molar-refractivity contribution is 1.02. The predicted molar refractivity (Wildman–Crippen MR) is 76.1 cm³/mol. The van der Waals surface area contributed by atoms with Gasteiger partial charge in [-0.1, -0.05) is 74.5 Å². The zero-order valence-electron chi connectivity index (χ0n) is 10.4. The van der Waals surface area contributed by atoms with Crippen LogP contribution in [0.5, 0.6) is 0 Å². The second-order valence-corrected chi connectivity index (χ2v) is 8.62. The van der Waals surface area contributed by atoms with Gasteiger partial charge < -0.3 is 0 Å². The molecule has 0 unspecified atom stereocenters. The Labute approximate surface area is 104 Å². The maximum Gasteiger partial charge on any atom is 0.205 e. The molecule has 0 aliphatic heterocycles. The van der Waals surface area contributed by atoms with Gasteiger partial charge in [0.1, 0.15) is 0 Å². The average molecular weight is 240 g/mol. The molecule has 0 amide bonds. The van der Waals surface area contributed by atoms with Crippen molar-refractivity contribution in [3.63, 3.8) is 0 Å². The van der Waals surface area contributed by atoms with Crippen LogP contribution in [0.4, 0.5) is 0 Å². The summed E-state index contributed by atoms with van der Waals surface area (Å²) in [6.45, 7) is 4.33. The molecule has 17 heavy (non-hydrogen) atoms. The number of hydrogen-bond donors (Lipinski definition) is 0. The normalized spacial score (nSPS) is 11.8. The van der Waals surface area contributed by atoms with Crippen LogP contribution < -0.4 is 15.8 Å². The molecule has 1 radical (unpaired) electrons. The van der Waals surface area contributed by atoms with Crippen LogP contribution in [0.15, 0.2) is 60.7 Å². The molecule has 0 atom stereocenters. The lowest BCUT2D eigenvalue weighted by atomic mass is 10.4. The first-order valence-electron chi connectivity index (χ1n) is 6.01. The third-order valence-corrected chi connectivity index (χ3v) is 7.54. The molecule has 1 N–H and O–H groups in total. The molecule has 1 nitrogen and oxygen atoms in total. The molecule has 2 rings (SSSR count). The van der Waals surface area contributed by atoms with E-state index >= 15 is 0 Å². The molecule has 0 aliphatic rings. The highest BCUT2D eigenvalue weighted by Gasteiger charge is 2.37. The zero-order valence-corrected chi connectivity index (χ0v) is 11.4.